The fourth-order valence-electron chi connectivity index (χ4n) is 2.53. The predicted molar refractivity (Wildman–Crippen MR) is 92.4 cm³/mol. The Balaban J connectivity index is 1.85. The Morgan fingerprint density at radius 1 is 1.21 bits per heavy atom. The number of aromatic nitrogens is 5. The second-order valence-corrected chi connectivity index (χ2v) is 5.59. The SMILES string of the molecule is COc1ccc(Cl)cc1-n1nnc(-c2nc3ccccc3[nH]2)c1N. The van der Waals surface area contributed by atoms with Gasteiger partial charge < -0.3 is 15.5 Å². The van der Waals surface area contributed by atoms with E-state index in [1.807, 2.05) is 24.3 Å². The summed E-state index contributed by atoms with van der Waals surface area (Å²) < 4.78 is 6.83. The number of nitrogen functional groups attached to an aromatic ring is 1. The number of anilines is 1. The first-order chi connectivity index (χ1) is 11.7. The zero-order chi connectivity index (χ0) is 16.7. The molecule has 0 aliphatic rings. The van der Waals surface area contributed by atoms with Crippen LogP contribution in [0.3, 0.4) is 0 Å². The summed E-state index contributed by atoms with van der Waals surface area (Å²) in [6.07, 6.45) is 0. The first-order valence-corrected chi connectivity index (χ1v) is 7.55. The molecule has 0 saturated heterocycles. The number of ether oxygens (including phenoxy) is 1. The number of aromatic amines is 1. The van der Waals surface area contributed by atoms with Gasteiger partial charge in [0, 0.05) is 5.02 Å². The summed E-state index contributed by atoms with van der Waals surface area (Å²) in [6.45, 7) is 0. The molecule has 0 spiro atoms. The molecule has 24 heavy (non-hydrogen) atoms. The van der Waals surface area contributed by atoms with Gasteiger partial charge >= 0.3 is 0 Å². The van der Waals surface area contributed by atoms with Gasteiger partial charge in [0.1, 0.15) is 11.4 Å². The summed E-state index contributed by atoms with van der Waals surface area (Å²) in [5.41, 5.74) is 9.06. The zero-order valence-electron chi connectivity index (χ0n) is 12.7. The van der Waals surface area contributed by atoms with E-state index in [1.54, 1.807) is 25.3 Å². The minimum absolute atomic E-state index is 0.342. The summed E-state index contributed by atoms with van der Waals surface area (Å²) in [4.78, 5) is 7.70. The molecule has 120 valence electrons. The number of H-pyrrole nitrogens is 1. The van der Waals surface area contributed by atoms with Gasteiger partial charge in [-0.3, -0.25) is 0 Å². The van der Waals surface area contributed by atoms with Gasteiger partial charge in [-0.1, -0.05) is 28.9 Å². The Kier molecular flexibility index (Phi) is 3.35. The van der Waals surface area contributed by atoms with E-state index < -0.39 is 0 Å². The lowest BCUT2D eigenvalue weighted by molar-refractivity contribution is 0.411. The quantitative estimate of drug-likeness (QED) is 0.597. The molecule has 8 heteroatoms. The molecule has 4 rings (SSSR count). The molecule has 0 aliphatic carbocycles. The molecule has 3 N–H and O–H groups in total. The van der Waals surface area contributed by atoms with E-state index >= 15 is 0 Å². The third-order valence-electron chi connectivity index (χ3n) is 3.69. The molecular formula is C16H13ClN6O. The van der Waals surface area contributed by atoms with E-state index in [4.69, 9.17) is 22.1 Å². The Morgan fingerprint density at radius 3 is 2.83 bits per heavy atom. The molecule has 2 aromatic carbocycles. The van der Waals surface area contributed by atoms with Crippen molar-refractivity contribution in [2.45, 2.75) is 0 Å². The summed E-state index contributed by atoms with van der Waals surface area (Å²) in [7, 11) is 1.57. The van der Waals surface area contributed by atoms with E-state index in [9.17, 15) is 0 Å². The highest BCUT2D eigenvalue weighted by Gasteiger charge is 2.18. The smallest absolute Gasteiger partial charge is 0.172 e. The van der Waals surface area contributed by atoms with Gasteiger partial charge in [0.15, 0.2) is 17.3 Å². The van der Waals surface area contributed by atoms with E-state index in [1.165, 1.54) is 4.68 Å². The van der Waals surface area contributed by atoms with Crippen molar-refractivity contribution in [2.24, 2.45) is 0 Å². The van der Waals surface area contributed by atoms with Crippen LogP contribution < -0.4 is 10.5 Å². The number of halogens is 1. The fraction of sp³-hybridized carbons (Fsp3) is 0.0625. The largest absolute Gasteiger partial charge is 0.494 e. The lowest BCUT2D eigenvalue weighted by Gasteiger charge is -2.09. The number of para-hydroxylation sites is 2. The van der Waals surface area contributed by atoms with Crippen molar-refractivity contribution in [1.29, 1.82) is 0 Å². The molecule has 0 aliphatic heterocycles. The molecule has 2 aromatic heterocycles. The minimum atomic E-state index is 0.342. The highest BCUT2D eigenvalue weighted by Crippen LogP contribution is 2.31. The summed E-state index contributed by atoms with van der Waals surface area (Å²) in [6, 6.07) is 12.9. The molecule has 0 bridgehead atoms. The van der Waals surface area contributed by atoms with Crippen molar-refractivity contribution in [2.75, 3.05) is 12.8 Å². The molecule has 7 nitrogen and oxygen atoms in total. The lowest BCUT2D eigenvalue weighted by atomic mass is 10.3. The summed E-state index contributed by atoms with van der Waals surface area (Å²) in [5.74, 6) is 1.49. The maximum absolute atomic E-state index is 6.24. The van der Waals surface area contributed by atoms with Crippen LogP contribution in [0.5, 0.6) is 5.75 Å². The summed E-state index contributed by atoms with van der Waals surface area (Å²) >= 11 is 6.08. The Hall–Kier alpha value is -3.06. The van der Waals surface area contributed by atoms with Crippen LogP contribution >= 0.6 is 11.6 Å². The predicted octanol–water partition coefficient (Wildman–Crippen LogP) is 3.05. The van der Waals surface area contributed by atoms with Gasteiger partial charge in [-0.15, -0.1) is 5.10 Å². The number of fused-ring (bicyclic) bond motifs is 1. The Morgan fingerprint density at radius 2 is 2.04 bits per heavy atom. The number of methoxy groups -OCH3 is 1. The van der Waals surface area contributed by atoms with Crippen molar-refractivity contribution >= 4 is 28.5 Å². The van der Waals surface area contributed by atoms with Crippen molar-refractivity contribution in [3.05, 3.63) is 47.5 Å². The molecule has 4 aromatic rings. The molecule has 0 fully saturated rings. The number of nitrogens with one attached hydrogen (secondary N) is 1. The molecule has 2 heterocycles. The Labute approximate surface area is 142 Å². The first-order valence-electron chi connectivity index (χ1n) is 7.17. The number of hydrogen-bond acceptors (Lipinski definition) is 5. The van der Waals surface area contributed by atoms with E-state index in [2.05, 4.69) is 20.3 Å². The van der Waals surface area contributed by atoms with Gasteiger partial charge in [-0.2, -0.15) is 4.68 Å². The number of benzene rings is 2. The lowest BCUT2D eigenvalue weighted by Crippen LogP contribution is -2.04. The number of imidazole rings is 1. The van der Waals surface area contributed by atoms with Gasteiger partial charge in [0.2, 0.25) is 0 Å². The number of nitrogens with zero attached hydrogens (tertiary/aromatic N) is 4. The monoisotopic (exact) mass is 340 g/mol. The molecule has 0 atom stereocenters. The van der Waals surface area contributed by atoms with Crippen LogP contribution in [0.4, 0.5) is 5.82 Å². The summed E-state index contributed by atoms with van der Waals surface area (Å²) in [5, 5.41) is 8.83. The van der Waals surface area contributed by atoms with Gasteiger partial charge in [0.05, 0.1) is 18.1 Å². The molecular weight excluding hydrogens is 328 g/mol. The number of rotatable bonds is 3. The minimum Gasteiger partial charge on any atom is -0.494 e. The van der Waals surface area contributed by atoms with E-state index in [-0.39, 0.29) is 0 Å². The average Bonchev–Trinajstić information content (AvgIpc) is 3.17. The van der Waals surface area contributed by atoms with Crippen LogP contribution in [0.1, 0.15) is 0 Å². The van der Waals surface area contributed by atoms with Crippen LogP contribution in [-0.2, 0) is 0 Å². The molecule has 0 saturated carbocycles. The van der Waals surface area contributed by atoms with Gasteiger partial charge in [-0.05, 0) is 30.3 Å². The van der Waals surface area contributed by atoms with Crippen molar-refractivity contribution in [3.63, 3.8) is 0 Å². The third-order valence-corrected chi connectivity index (χ3v) is 3.92. The van der Waals surface area contributed by atoms with Crippen LogP contribution in [-0.4, -0.2) is 32.1 Å². The second-order valence-electron chi connectivity index (χ2n) is 5.15. The maximum Gasteiger partial charge on any atom is 0.172 e. The molecule has 0 amide bonds. The van der Waals surface area contributed by atoms with Crippen molar-refractivity contribution in [3.8, 4) is 23.0 Å². The van der Waals surface area contributed by atoms with Gasteiger partial charge in [0.25, 0.3) is 0 Å². The Bertz CT molecular complexity index is 1010. The number of hydrogen-bond donors (Lipinski definition) is 2. The zero-order valence-corrected chi connectivity index (χ0v) is 13.4. The van der Waals surface area contributed by atoms with Gasteiger partial charge in [-0.25, -0.2) is 4.98 Å². The van der Waals surface area contributed by atoms with Crippen molar-refractivity contribution < 1.29 is 4.74 Å². The third kappa shape index (κ3) is 2.26. The first kappa shape index (κ1) is 14.5. The highest BCUT2D eigenvalue weighted by atomic mass is 35.5. The molecule has 0 unspecified atom stereocenters. The molecule has 0 radical (unpaired) electrons. The average molecular weight is 341 g/mol. The van der Waals surface area contributed by atoms with Crippen LogP contribution in [0.2, 0.25) is 5.02 Å². The topological polar surface area (TPSA) is 94.6 Å². The maximum atomic E-state index is 6.24. The van der Waals surface area contributed by atoms with E-state index in [0.717, 1.165) is 11.0 Å². The highest BCUT2D eigenvalue weighted by molar-refractivity contribution is 6.30. The second kappa shape index (κ2) is 5.54. The van der Waals surface area contributed by atoms with E-state index in [0.29, 0.717) is 33.8 Å². The standard InChI is InChI=1S/C16H13ClN6O/c1-24-13-7-6-9(17)8-12(13)23-15(18)14(21-22-23)16-19-10-4-2-3-5-11(10)20-16/h2-8H,18H2,1H3,(H,19,20). The fourth-order valence-corrected chi connectivity index (χ4v) is 2.70. The van der Waals surface area contributed by atoms with Crippen LogP contribution in [0, 0.1) is 0 Å². The normalized spacial score (nSPS) is 11.1. The number of nitrogens with two attached hydrogens (primary N) is 1. The van der Waals surface area contributed by atoms with Crippen LogP contribution in [0.15, 0.2) is 42.5 Å². The van der Waals surface area contributed by atoms with Crippen molar-refractivity contribution in [1.82, 2.24) is 25.0 Å². The van der Waals surface area contributed by atoms with Crippen LogP contribution in [0.25, 0.3) is 28.2 Å².